The van der Waals surface area contributed by atoms with E-state index in [-0.39, 0.29) is 30.0 Å². The van der Waals surface area contributed by atoms with E-state index in [4.69, 9.17) is 19.6 Å². The van der Waals surface area contributed by atoms with Gasteiger partial charge >= 0.3 is 6.09 Å². The molecule has 2 aliphatic carbocycles. The Kier molecular flexibility index (Phi) is 7.17. The summed E-state index contributed by atoms with van der Waals surface area (Å²) in [6.07, 6.45) is 5.24. The zero-order valence-electron chi connectivity index (χ0n) is 28.6. The highest BCUT2D eigenvalue weighted by Crippen LogP contribution is 2.44. The van der Waals surface area contributed by atoms with Crippen LogP contribution in [0.3, 0.4) is 0 Å². The Labute approximate surface area is 280 Å². The number of rotatable bonds is 8. The van der Waals surface area contributed by atoms with Gasteiger partial charge in [0, 0.05) is 56.0 Å². The first kappa shape index (κ1) is 31.0. The predicted octanol–water partition coefficient (Wildman–Crippen LogP) is 5.29. The van der Waals surface area contributed by atoms with Gasteiger partial charge in [0.2, 0.25) is 0 Å². The summed E-state index contributed by atoms with van der Waals surface area (Å²) in [5, 5.41) is 16.3. The second-order valence-corrected chi connectivity index (χ2v) is 15.2. The fraction of sp³-hybridized carbons (Fsp3) is 0.556. The SMILES string of the molecule is COc1cc(C(=O)N2CC3CCC2[C@@H]3N(C(=O)O)C(C)(C)C)cn2nc(-c3cc4ccc(N5CC(OC)C5)nc4n3CC3CC3)c(C)c12. The third-order valence-corrected chi connectivity index (χ3v) is 11.0. The highest BCUT2D eigenvalue weighted by atomic mass is 16.5. The molecular weight excluding hydrogens is 610 g/mol. The second kappa shape index (κ2) is 11.1. The van der Waals surface area contributed by atoms with Gasteiger partial charge in [-0.05, 0) is 89.5 Å². The molecule has 48 heavy (non-hydrogen) atoms. The van der Waals surface area contributed by atoms with Crippen molar-refractivity contribution < 1.29 is 24.2 Å². The van der Waals surface area contributed by atoms with Gasteiger partial charge < -0.3 is 28.9 Å². The number of anilines is 1. The average molecular weight is 656 g/mol. The van der Waals surface area contributed by atoms with Crippen LogP contribution in [0.1, 0.15) is 62.4 Å². The van der Waals surface area contributed by atoms with Gasteiger partial charge in [-0.15, -0.1) is 0 Å². The molecule has 4 aliphatic rings. The number of carboxylic acid groups (broad SMARTS) is 1. The molecule has 4 aromatic rings. The second-order valence-electron chi connectivity index (χ2n) is 15.2. The number of carbonyl (C=O) groups excluding carboxylic acids is 1. The van der Waals surface area contributed by atoms with Crippen LogP contribution in [-0.2, 0) is 11.3 Å². The van der Waals surface area contributed by atoms with E-state index in [9.17, 15) is 14.7 Å². The van der Waals surface area contributed by atoms with Crippen LogP contribution in [0, 0.1) is 18.8 Å². The van der Waals surface area contributed by atoms with Crippen LogP contribution in [0.5, 0.6) is 5.75 Å². The van der Waals surface area contributed by atoms with Crippen LogP contribution in [0.2, 0.25) is 0 Å². The molecule has 6 heterocycles. The molecule has 0 aromatic carbocycles. The highest BCUT2D eigenvalue weighted by Gasteiger charge is 2.54. The Morgan fingerprint density at radius 2 is 1.83 bits per heavy atom. The average Bonchev–Trinajstić information content (AvgIpc) is 3.35. The van der Waals surface area contributed by atoms with E-state index in [1.807, 2.05) is 31.7 Å². The molecule has 2 unspecified atom stereocenters. The minimum Gasteiger partial charge on any atom is -0.494 e. The van der Waals surface area contributed by atoms with Crippen molar-refractivity contribution in [3.63, 3.8) is 0 Å². The fourth-order valence-corrected chi connectivity index (χ4v) is 8.42. The van der Waals surface area contributed by atoms with E-state index in [0.717, 1.165) is 71.8 Å². The number of methoxy groups -OCH3 is 2. The Balaban J connectivity index is 1.16. The zero-order chi connectivity index (χ0) is 33.6. The molecule has 2 amide bonds. The summed E-state index contributed by atoms with van der Waals surface area (Å²) in [4.78, 5) is 37.4. The van der Waals surface area contributed by atoms with E-state index in [2.05, 4.69) is 34.6 Å². The molecule has 4 fully saturated rings. The Morgan fingerprint density at radius 1 is 1.06 bits per heavy atom. The van der Waals surface area contributed by atoms with Gasteiger partial charge in [0.25, 0.3) is 5.91 Å². The van der Waals surface area contributed by atoms with Gasteiger partial charge in [-0.2, -0.15) is 5.10 Å². The number of nitrogens with zero attached hydrogens (tertiary/aromatic N) is 7. The molecule has 0 radical (unpaired) electrons. The van der Waals surface area contributed by atoms with Crippen molar-refractivity contribution in [3.05, 3.63) is 41.6 Å². The quantitative estimate of drug-likeness (QED) is 0.272. The first-order valence-electron chi connectivity index (χ1n) is 17.2. The maximum atomic E-state index is 14.2. The van der Waals surface area contributed by atoms with E-state index in [1.165, 1.54) is 12.8 Å². The number of aromatic nitrogens is 4. The minimum absolute atomic E-state index is 0.114. The Hall–Kier alpha value is -4.32. The molecule has 8 rings (SSSR count). The number of hydrogen-bond acceptors (Lipinski definition) is 7. The lowest BCUT2D eigenvalue weighted by atomic mass is 9.98. The smallest absolute Gasteiger partial charge is 0.408 e. The molecule has 2 bridgehead atoms. The largest absolute Gasteiger partial charge is 0.494 e. The number of hydrogen-bond donors (Lipinski definition) is 1. The molecule has 12 nitrogen and oxygen atoms in total. The van der Waals surface area contributed by atoms with Crippen molar-refractivity contribution in [2.75, 3.05) is 38.8 Å². The van der Waals surface area contributed by atoms with Crippen LogP contribution in [0.25, 0.3) is 27.9 Å². The number of fused-ring (bicyclic) bond motifs is 4. The molecule has 4 aromatic heterocycles. The summed E-state index contributed by atoms with van der Waals surface area (Å²) >= 11 is 0. The normalized spacial score (nSPS) is 22.6. The van der Waals surface area contributed by atoms with Crippen molar-refractivity contribution in [2.45, 2.75) is 83.6 Å². The number of amides is 2. The van der Waals surface area contributed by atoms with E-state index in [0.29, 0.717) is 23.8 Å². The van der Waals surface area contributed by atoms with Crippen molar-refractivity contribution in [2.24, 2.45) is 11.8 Å². The summed E-state index contributed by atoms with van der Waals surface area (Å²) < 4.78 is 15.5. The molecule has 0 spiro atoms. The predicted molar refractivity (Wildman–Crippen MR) is 182 cm³/mol. The molecule has 2 aliphatic heterocycles. The standard InChI is InChI=1S/C36H45N7O5/c1-20-30(27-13-22-10-12-29(39-18-25(19-39)47-5)37-33(22)40(27)15-21-7-8-21)38-42-17-24(14-28(48-6)31(20)42)34(44)41-16-23-9-11-26(41)32(23)43(35(45)46)36(2,3)4/h10,12-14,17,21,23,25-26,32H,7-9,11,15-16,18-19H2,1-6H3,(H,45,46)/t23?,26?,32-/m1/s1. The molecule has 2 saturated carbocycles. The van der Waals surface area contributed by atoms with Gasteiger partial charge in [-0.1, -0.05) is 0 Å². The summed E-state index contributed by atoms with van der Waals surface area (Å²) in [6.45, 7) is 10.9. The monoisotopic (exact) mass is 655 g/mol. The van der Waals surface area contributed by atoms with E-state index < -0.39 is 11.6 Å². The van der Waals surface area contributed by atoms with Crippen LogP contribution in [0.15, 0.2) is 30.5 Å². The third-order valence-electron chi connectivity index (χ3n) is 11.0. The molecular formula is C36H45N7O5. The number of likely N-dealkylation sites (tertiary alicyclic amines) is 1. The van der Waals surface area contributed by atoms with Gasteiger partial charge in [0.1, 0.15) is 28.4 Å². The van der Waals surface area contributed by atoms with Crippen molar-refractivity contribution >= 4 is 34.4 Å². The lowest BCUT2D eigenvalue weighted by molar-refractivity contribution is 0.0503. The van der Waals surface area contributed by atoms with Crippen molar-refractivity contribution in [3.8, 4) is 17.1 Å². The summed E-state index contributed by atoms with van der Waals surface area (Å²) in [5.41, 5.74) is 4.50. The molecule has 12 heteroatoms. The Bertz CT molecular complexity index is 1930. The van der Waals surface area contributed by atoms with Gasteiger partial charge in [0.15, 0.2) is 0 Å². The zero-order valence-corrected chi connectivity index (χ0v) is 28.6. The summed E-state index contributed by atoms with van der Waals surface area (Å²) in [5.74, 6) is 2.15. The lowest BCUT2D eigenvalue weighted by Crippen LogP contribution is -2.55. The van der Waals surface area contributed by atoms with Crippen LogP contribution >= 0.6 is 0 Å². The van der Waals surface area contributed by atoms with Crippen molar-refractivity contribution in [1.82, 2.24) is 29.0 Å². The number of aryl methyl sites for hydroxylation is 1. The molecule has 254 valence electrons. The van der Waals surface area contributed by atoms with Crippen LogP contribution < -0.4 is 9.64 Å². The first-order chi connectivity index (χ1) is 23.0. The Morgan fingerprint density at radius 3 is 2.50 bits per heavy atom. The molecule has 3 atom stereocenters. The van der Waals surface area contributed by atoms with Crippen molar-refractivity contribution in [1.29, 1.82) is 0 Å². The molecule has 2 saturated heterocycles. The van der Waals surface area contributed by atoms with Gasteiger partial charge in [0.05, 0.1) is 36.6 Å². The number of carbonyl (C=O) groups is 2. The maximum Gasteiger partial charge on any atom is 0.408 e. The minimum atomic E-state index is -0.938. The van der Waals surface area contributed by atoms with Crippen LogP contribution in [0.4, 0.5) is 10.6 Å². The van der Waals surface area contributed by atoms with Gasteiger partial charge in [-0.3, -0.25) is 9.69 Å². The van der Waals surface area contributed by atoms with Crippen LogP contribution in [-0.4, -0.2) is 104 Å². The highest BCUT2D eigenvalue weighted by molar-refractivity contribution is 5.96. The number of pyridine rings is 2. The summed E-state index contributed by atoms with van der Waals surface area (Å²) in [7, 11) is 3.38. The topological polar surface area (TPSA) is 118 Å². The van der Waals surface area contributed by atoms with E-state index >= 15 is 0 Å². The third kappa shape index (κ3) is 4.90. The molecule has 1 N–H and O–H groups in total. The number of ether oxygens (including phenoxy) is 2. The van der Waals surface area contributed by atoms with E-state index in [1.54, 1.807) is 29.8 Å². The lowest BCUT2D eigenvalue weighted by Gasteiger charge is -2.40. The summed E-state index contributed by atoms with van der Waals surface area (Å²) in [6, 6.07) is 7.84. The fourth-order valence-electron chi connectivity index (χ4n) is 8.42. The number of piperidine rings is 1. The maximum absolute atomic E-state index is 14.2. The van der Waals surface area contributed by atoms with Gasteiger partial charge in [-0.25, -0.2) is 14.3 Å². The first-order valence-corrected chi connectivity index (χ1v) is 17.2.